The summed E-state index contributed by atoms with van der Waals surface area (Å²) >= 11 is 6.01. The van der Waals surface area contributed by atoms with Crippen molar-refractivity contribution < 1.29 is 4.74 Å². The van der Waals surface area contributed by atoms with E-state index in [0.29, 0.717) is 5.02 Å². The zero-order valence-corrected chi connectivity index (χ0v) is 11.1. The third-order valence-electron chi connectivity index (χ3n) is 2.81. The maximum absolute atomic E-state index is 6.26. The number of aryl methyl sites for hydroxylation is 1. The molecule has 0 saturated carbocycles. The number of halogens is 1. The predicted octanol–water partition coefficient (Wildman–Crippen LogP) is 3.10. The van der Waals surface area contributed by atoms with Crippen LogP contribution in [0.3, 0.4) is 0 Å². The zero-order valence-electron chi connectivity index (χ0n) is 10.4. The van der Waals surface area contributed by atoms with Crippen molar-refractivity contribution in [3.05, 3.63) is 58.4 Å². The van der Waals surface area contributed by atoms with Gasteiger partial charge in [0.25, 0.3) is 0 Å². The lowest BCUT2D eigenvalue weighted by Crippen LogP contribution is -2.13. The molecule has 2 aromatic rings. The molecule has 4 heteroatoms. The van der Waals surface area contributed by atoms with Crippen LogP contribution in [0.25, 0.3) is 0 Å². The fraction of sp³-hybridized carbons (Fsp3) is 0.214. The first kappa shape index (κ1) is 12.9. The molecule has 0 saturated heterocycles. The lowest BCUT2D eigenvalue weighted by Gasteiger charge is -2.16. The van der Waals surface area contributed by atoms with E-state index in [0.717, 1.165) is 22.6 Å². The Labute approximate surface area is 112 Å². The molecule has 1 heterocycles. The fourth-order valence-corrected chi connectivity index (χ4v) is 2.07. The Morgan fingerprint density at radius 2 is 2.06 bits per heavy atom. The molecule has 0 radical (unpaired) electrons. The molecular weight excluding hydrogens is 248 g/mol. The average molecular weight is 263 g/mol. The summed E-state index contributed by atoms with van der Waals surface area (Å²) in [7, 11) is 1.62. The Bertz CT molecular complexity index is 557. The van der Waals surface area contributed by atoms with Gasteiger partial charge in [0, 0.05) is 22.5 Å². The van der Waals surface area contributed by atoms with Crippen LogP contribution in [0.5, 0.6) is 5.75 Å². The van der Waals surface area contributed by atoms with E-state index < -0.39 is 0 Å². The second kappa shape index (κ2) is 5.38. The minimum atomic E-state index is -0.277. The molecule has 0 fully saturated rings. The first-order valence-electron chi connectivity index (χ1n) is 5.63. The van der Waals surface area contributed by atoms with Gasteiger partial charge in [-0.2, -0.15) is 0 Å². The van der Waals surface area contributed by atoms with Gasteiger partial charge in [0.15, 0.2) is 0 Å². The summed E-state index contributed by atoms with van der Waals surface area (Å²) in [5.41, 5.74) is 9.06. The maximum Gasteiger partial charge on any atom is 0.124 e. The highest BCUT2D eigenvalue weighted by molar-refractivity contribution is 6.30. The highest BCUT2D eigenvalue weighted by Gasteiger charge is 2.14. The smallest absolute Gasteiger partial charge is 0.124 e. The van der Waals surface area contributed by atoms with Crippen molar-refractivity contribution in [3.8, 4) is 5.75 Å². The molecular formula is C14H15ClN2O. The monoisotopic (exact) mass is 262 g/mol. The fourth-order valence-electron chi connectivity index (χ4n) is 1.89. The normalized spacial score (nSPS) is 12.2. The number of ether oxygens (including phenoxy) is 1. The van der Waals surface area contributed by atoms with Crippen molar-refractivity contribution in [2.75, 3.05) is 7.11 Å². The zero-order chi connectivity index (χ0) is 13.1. The van der Waals surface area contributed by atoms with Gasteiger partial charge in [-0.15, -0.1) is 0 Å². The molecule has 2 rings (SSSR count). The van der Waals surface area contributed by atoms with Gasteiger partial charge in [-0.25, -0.2) is 0 Å². The van der Waals surface area contributed by atoms with Crippen LogP contribution < -0.4 is 10.5 Å². The highest BCUT2D eigenvalue weighted by atomic mass is 35.5. The number of nitrogens with zero attached hydrogens (tertiary/aromatic N) is 1. The first-order chi connectivity index (χ1) is 8.61. The van der Waals surface area contributed by atoms with E-state index in [9.17, 15) is 0 Å². The highest BCUT2D eigenvalue weighted by Crippen LogP contribution is 2.30. The molecule has 2 N–H and O–H groups in total. The third kappa shape index (κ3) is 2.63. The van der Waals surface area contributed by atoms with E-state index in [1.54, 1.807) is 19.4 Å². The SMILES string of the molecule is COc1ccc(Cl)cc1C(N)c1ccnc(C)c1. The molecule has 0 spiro atoms. The molecule has 0 aliphatic heterocycles. The standard InChI is InChI=1S/C14H15ClN2O/c1-9-7-10(5-6-17-9)14(16)12-8-11(15)3-4-13(12)18-2/h3-8,14H,16H2,1-2H3. The lowest BCUT2D eigenvalue weighted by molar-refractivity contribution is 0.408. The number of rotatable bonds is 3. The number of pyridine rings is 1. The van der Waals surface area contributed by atoms with Crippen LogP contribution in [-0.4, -0.2) is 12.1 Å². The van der Waals surface area contributed by atoms with E-state index in [1.807, 2.05) is 31.2 Å². The molecule has 0 bridgehead atoms. The average Bonchev–Trinajstić information content (AvgIpc) is 2.38. The van der Waals surface area contributed by atoms with Crippen molar-refractivity contribution in [2.24, 2.45) is 5.73 Å². The van der Waals surface area contributed by atoms with Crippen molar-refractivity contribution in [1.29, 1.82) is 0 Å². The molecule has 1 aromatic heterocycles. The van der Waals surface area contributed by atoms with Crippen LogP contribution in [0.4, 0.5) is 0 Å². The van der Waals surface area contributed by atoms with Crippen molar-refractivity contribution >= 4 is 11.6 Å². The van der Waals surface area contributed by atoms with E-state index in [-0.39, 0.29) is 6.04 Å². The largest absolute Gasteiger partial charge is 0.496 e. The third-order valence-corrected chi connectivity index (χ3v) is 3.04. The summed E-state index contributed by atoms with van der Waals surface area (Å²) in [6, 6.07) is 9.03. The number of aromatic nitrogens is 1. The van der Waals surface area contributed by atoms with Gasteiger partial charge in [-0.05, 0) is 42.8 Å². The van der Waals surface area contributed by atoms with E-state index >= 15 is 0 Å². The number of benzene rings is 1. The molecule has 3 nitrogen and oxygen atoms in total. The first-order valence-corrected chi connectivity index (χ1v) is 6.01. The molecule has 0 aliphatic rings. The van der Waals surface area contributed by atoms with Crippen molar-refractivity contribution in [3.63, 3.8) is 0 Å². The summed E-state index contributed by atoms with van der Waals surface area (Å²) in [6.07, 6.45) is 1.75. The van der Waals surface area contributed by atoms with Gasteiger partial charge >= 0.3 is 0 Å². The molecule has 94 valence electrons. The van der Waals surface area contributed by atoms with Crippen molar-refractivity contribution in [2.45, 2.75) is 13.0 Å². The molecule has 0 amide bonds. The van der Waals surface area contributed by atoms with Crippen molar-refractivity contribution in [1.82, 2.24) is 4.98 Å². The second-order valence-corrected chi connectivity index (χ2v) is 4.53. The maximum atomic E-state index is 6.26. The van der Waals surface area contributed by atoms with E-state index in [1.165, 1.54) is 0 Å². The van der Waals surface area contributed by atoms with Crippen LogP contribution >= 0.6 is 11.6 Å². The van der Waals surface area contributed by atoms with Crippen LogP contribution in [0, 0.1) is 6.92 Å². The van der Waals surface area contributed by atoms with Gasteiger partial charge in [0.1, 0.15) is 5.75 Å². The summed E-state index contributed by atoms with van der Waals surface area (Å²) in [5, 5.41) is 0.645. The quantitative estimate of drug-likeness (QED) is 0.925. The molecule has 1 atom stereocenters. The Balaban J connectivity index is 2.44. The summed E-state index contributed by atoms with van der Waals surface area (Å²) < 4.78 is 5.32. The summed E-state index contributed by atoms with van der Waals surface area (Å²) in [6.45, 7) is 1.94. The molecule has 1 aromatic carbocycles. The Morgan fingerprint density at radius 1 is 1.28 bits per heavy atom. The predicted molar refractivity (Wildman–Crippen MR) is 73.0 cm³/mol. The Morgan fingerprint density at radius 3 is 2.72 bits per heavy atom. The summed E-state index contributed by atoms with van der Waals surface area (Å²) in [5.74, 6) is 0.737. The van der Waals surface area contributed by atoms with Gasteiger partial charge in [0.2, 0.25) is 0 Å². The Kier molecular flexibility index (Phi) is 3.84. The molecule has 18 heavy (non-hydrogen) atoms. The number of methoxy groups -OCH3 is 1. The van der Waals surface area contributed by atoms with Crippen LogP contribution in [-0.2, 0) is 0 Å². The van der Waals surface area contributed by atoms with Crippen LogP contribution in [0.1, 0.15) is 22.9 Å². The molecule has 0 aliphatic carbocycles. The second-order valence-electron chi connectivity index (χ2n) is 4.09. The number of hydrogen-bond donors (Lipinski definition) is 1. The van der Waals surface area contributed by atoms with E-state index in [2.05, 4.69) is 4.98 Å². The lowest BCUT2D eigenvalue weighted by atomic mass is 9.99. The van der Waals surface area contributed by atoms with E-state index in [4.69, 9.17) is 22.1 Å². The van der Waals surface area contributed by atoms with Gasteiger partial charge in [0.05, 0.1) is 13.2 Å². The number of nitrogens with two attached hydrogens (primary N) is 1. The van der Waals surface area contributed by atoms with Gasteiger partial charge < -0.3 is 10.5 Å². The topological polar surface area (TPSA) is 48.1 Å². The number of hydrogen-bond acceptors (Lipinski definition) is 3. The minimum absolute atomic E-state index is 0.277. The van der Waals surface area contributed by atoms with Crippen LogP contribution in [0.15, 0.2) is 36.5 Å². The Hall–Kier alpha value is -1.58. The van der Waals surface area contributed by atoms with Crippen LogP contribution in [0.2, 0.25) is 5.02 Å². The minimum Gasteiger partial charge on any atom is -0.496 e. The van der Waals surface area contributed by atoms with Gasteiger partial charge in [-0.3, -0.25) is 4.98 Å². The van der Waals surface area contributed by atoms with Gasteiger partial charge in [-0.1, -0.05) is 11.6 Å². The molecule has 1 unspecified atom stereocenters. The summed E-state index contributed by atoms with van der Waals surface area (Å²) in [4.78, 5) is 4.16.